The van der Waals surface area contributed by atoms with Crippen molar-refractivity contribution in [2.45, 2.75) is 52.9 Å². The van der Waals surface area contributed by atoms with Crippen LogP contribution in [0, 0.1) is 0 Å². The van der Waals surface area contributed by atoms with Crippen LogP contribution in [0.5, 0.6) is 0 Å². The molecule has 0 bridgehead atoms. The van der Waals surface area contributed by atoms with Crippen LogP contribution in [0.1, 0.15) is 26.7 Å². The predicted octanol–water partition coefficient (Wildman–Crippen LogP) is 3.98. The highest BCUT2D eigenvalue weighted by atomic mass is 19.5. The highest BCUT2D eigenvalue weighted by Gasteiger charge is 2.21. The van der Waals surface area contributed by atoms with Crippen molar-refractivity contribution >= 4 is 14.5 Å². The highest BCUT2D eigenvalue weighted by Crippen LogP contribution is 2.07. The lowest BCUT2D eigenvalue weighted by Crippen LogP contribution is -2.29. The summed E-state index contributed by atoms with van der Waals surface area (Å²) < 4.78 is 86.9. The zero-order valence-electron chi connectivity index (χ0n) is 15.7. The maximum Gasteiger partial charge on any atom is 0.673 e. The quantitative estimate of drug-likeness (QED) is 0.278. The third-order valence-electron chi connectivity index (χ3n) is 3.31. The molecule has 2 rings (SSSR count). The third-order valence-corrected chi connectivity index (χ3v) is 3.31. The van der Waals surface area contributed by atoms with Crippen molar-refractivity contribution in [1.29, 1.82) is 0 Å². The topological polar surface area (TPSA) is 17.6 Å². The largest absolute Gasteiger partial charge is 0.673 e. The minimum atomic E-state index is -6.00. The molecule has 2 aromatic heterocycles. The van der Waals surface area contributed by atoms with Gasteiger partial charge in [-0.1, -0.05) is 0 Å². The second-order valence-electron chi connectivity index (χ2n) is 5.66. The molecule has 0 aliphatic carbocycles. The Morgan fingerprint density at radius 3 is 1.14 bits per heavy atom. The van der Waals surface area contributed by atoms with Crippen LogP contribution in [0.4, 0.5) is 34.5 Å². The van der Waals surface area contributed by atoms with Crippen molar-refractivity contribution in [2.75, 3.05) is 0 Å². The van der Waals surface area contributed by atoms with Gasteiger partial charge in [-0.2, -0.15) is 0 Å². The first-order valence-electron chi connectivity index (χ1n) is 8.66. The van der Waals surface area contributed by atoms with E-state index in [1.807, 2.05) is 0 Å². The van der Waals surface area contributed by atoms with Crippen molar-refractivity contribution in [1.82, 2.24) is 9.13 Å². The first-order chi connectivity index (χ1) is 12.8. The number of rotatable bonds is 7. The molecule has 0 N–H and O–H groups in total. The number of aromatic nitrogens is 4. The van der Waals surface area contributed by atoms with Gasteiger partial charge in [-0.05, 0) is 26.7 Å². The molecule has 0 aliphatic rings. The molecule has 2 heterocycles. The monoisotopic (exact) mass is 422 g/mol. The lowest BCUT2D eigenvalue weighted by Gasteiger charge is -1.96. The fourth-order valence-electron chi connectivity index (χ4n) is 2.10. The van der Waals surface area contributed by atoms with Gasteiger partial charge in [-0.3, -0.25) is 0 Å². The number of halogens is 8. The van der Waals surface area contributed by atoms with Crippen LogP contribution in [0.25, 0.3) is 0 Å². The van der Waals surface area contributed by atoms with Crippen molar-refractivity contribution < 1.29 is 43.7 Å². The highest BCUT2D eigenvalue weighted by molar-refractivity contribution is 6.50. The average Bonchev–Trinajstić information content (AvgIpc) is 3.17. The third kappa shape index (κ3) is 17.4. The van der Waals surface area contributed by atoms with E-state index in [-0.39, 0.29) is 0 Å². The van der Waals surface area contributed by atoms with Gasteiger partial charge in [0.15, 0.2) is 0 Å². The Morgan fingerprint density at radius 1 is 0.643 bits per heavy atom. The molecule has 0 atom stereocenters. The Balaban J connectivity index is 0.000000607. The number of hydrogen-bond acceptors (Lipinski definition) is 0. The molecule has 0 fully saturated rings. The molecule has 0 radical (unpaired) electrons. The van der Waals surface area contributed by atoms with E-state index in [2.05, 4.69) is 69.6 Å². The van der Waals surface area contributed by atoms with E-state index in [4.69, 9.17) is 0 Å². The fourth-order valence-corrected chi connectivity index (χ4v) is 2.10. The van der Waals surface area contributed by atoms with Crippen LogP contribution in [0.2, 0.25) is 0 Å². The summed E-state index contributed by atoms with van der Waals surface area (Å²) in [7, 11) is -12.0. The summed E-state index contributed by atoms with van der Waals surface area (Å²) >= 11 is 0. The zero-order chi connectivity index (χ0) is 21.8. The standard InChI is InChI=1S/C14H24N4.2BF4/c1-3-15-9-11-17(13-15)7-5-6-8-18-12-10-16(4-2)14-18;2*2-1(3,4)5/h9-14H,3-8H2,1-2H3;;/q+2;2*-1. The Bertz CT molecular complexity index is 586. The second kappa shape index (κ2) is 12.4. The number of unbranched alkanes of at least 4 members (excludes halogenated alkanes) is 1. The Kier molecular flexibility index (Phi) is 11.6. The van der Waals surface area contributed by atoms with E-state index in [1.54, 1.807) is 0 Å². The molecule has 0 saturated carbocycles. The van der Waals surface area contributed by atoms with Gasteiger partial charge in [0.2, 0.25) is 12.7 Å². The molecular formula is C14H24B2F8N4. The van der Waals surface area contributed by atoms with Crippen LogP contribution in [0.15, 0.2) is 37.4 Å². The molecule has 162 valence electrons. The lowest BCUT2D eigenvalue weighted by molar-refractivity contribution is -0.693. The average molecular weight is 422 g/mol. The predicted molar refractivity (Wildman–Crippen MR) is 90.2 cm³/mol. The van der Waals surface area contributed by atoms with Gasteiger partial charge >= 0.3 is 14.5 Å². The van der Waals surface area contributed by atoms with E-state index < -0.39 is 14.5 Å². The Morgan fingerprint density at radius 2 is 0.929 bits per heavy atom. The van der Waals surface area contributed by atoms with Gasteiger partial charge in [0, 0.05) is 0 Å². The summed E-state index contributed by atoms with van der Waals surface area (Å²) in [6, 6.07) is 0. The fraction of sp³-hybridized carbons (Fsp3) is 0.571. The van der Waals surface area contributed by atoms with E-state index in [9.17, 15) is 34.5 Å². The molecule has 2 aromatic rings. The summed E-state index contributed by atoms with van der Waals surface area (Å²) in [5, 5.41) is 0. The van der Waals surface area contributed by atoms with Gasteiger partial charge in [0.1, 0.15) is 24.8 Å². The number of hydrogen-bond donors (Lipinski definition) is 0. The number of aryl methyl sites for hydroxylation is 4. The zero-order valence-corrected chi connectivity index (χ0v) is 15.7. The first-order valence-corrected chi connectivity index (χ1v) is 8.66. The molecule has 0 amide bonds. The first kappa shape index (κ1) is 26.0. The number of nitrogens with zero attached hydrogens (tertiary/aromatic N) is 4. The smallest absolute Gasteiger partial charge is 0.418 e. The van der Waals surface area contributed by atoms with Crippen LogP contribution < -0.4 is 9.13 Å². The molecule has 0 saturated heterocycles. The Labute approximate surface area is 158 Å². The second-order valence-corrected chi connectivity index (χ2v) is 5.66. The van der Waals surface area contributed by atoms with Crippen molar-refractivity contribution in [3.63, 3.8) is 0 Å². The van der Waals surface area contributed by atoms with Gasteiger partial charge in [-0.15, -0.1) is 0 Å². The van der Waals surface area contributed by atoms with Crippen molar-refractivity contribution in [2.24, 2.45) is 0 Å². The van der Waals surface area contributed by atoms with E-state index >= 15 is 0 Å². The lowest BCUT2D eigenvalue weighted by atomic mass is 10.3. The maximum absolute atomic E-state index is 9.75. The van der Waals surface area contributed by atoms with Gasteiger partial charge < -0.3 is 34.5 Å². The molecular weight excluding hydrogens is 398 g/mol. The van der Waals surface area contributed by atoms with Gasteiger partial charge in [0.25, 0.3) is 0 Å². The number of imidazole rings is 2. The van der Waals surface area contributed by atoms with Crippen LogP contribution in [0.3, 0.4) is 0 Å². The summed E-state index contributed by atoms with van der Waals surface area (Å²) in [5.41, 5.74) is 0. The summed E-state index contributed by atoms with van der Waals surface area (Å²) in [4.78, 5) is 0. The maximum atomic E-state index is 9.75. The van der Waals surface area contributed by atoms with Gasteiger partial charge in [0.05, 0.1) is 26.2 Å². The van der Waals surface area contributed by atoms with Crippen molar-refractivity contribution in [3.8, 4) is 0 Å². The van der Waals surface area contributed by atoms with E-state index in [0.717, 1.165) is 26.2 Å². The summed E-state index contributed by atoms with van der Waals surface area (Å²) in [5.74, 6) is 0. The SMILES string of the molecule is CC[n+]1ccn(CCCCn2cc[n+](CC)c2)c1.F[B-](F)(F)F.F[B-](F)(F)F. The summed E-state index contributed by atoms with van der Waals surface area (Å²) in [6.07, 6.45) is 15.4. The van der Waals surface area contributed by atoms with E-state index in [1.165, 1.54) is 12.8 Å². The van der Waals surface area contributed by atoms with Crippen LogP contribution >= 0.6 is 0 Å². The molecule has 14 heteroatoms. The van der Waals surface area contributed by atoms with E-state index in [0.29, 0.717) is 0 Å². The molecule has 28 heavy (non-hydrogen) atoms. The minimum absolute atomic E-state index is 1.05. The van der Waals surface area contributed by atoms with Crippen LogP contribution in [-0.2, 0) is 26.2 Å². The normalized spacial score (nSPS) is 11.4. The minimum Gasteiger partial charge on any atom is -0.418 e. The molecule has 0 aromatic carbocycles. The molecule has 0 spiro atoms. The van der Waals surface area contributed by atoms with Crippen molar-refractivity contribution in [3.05, 3.63) is 37.4 Å². The Hall–Kier alpha value is -2.01. The molecule has 0 aliphatic heterocycles. The molecule has 4 nitrogen and oxygen atoms in total. The molecule has 0 unspecified atom stereocenters. The summed E-state index contributed by atoms with van der Waals surface area (Å²) in [6.45, 7) is 8.66. The van der Waals surface area contributed by atoms with Crippen LogP contribution in [-0.4, -0.2) is 23.6 Å². The van der Waals surface area contributed by atoms with Gasteiger partial charge in [-0.25, -0.2) is 18.3 Å².